The zero-order valence-corrected chi connectivity index (χ0v) is 11.1. The number of hydrogen-bond acceptors (Lipinski definition) is 7. The quantitative estimate of drug-likeness (QED) is 0.218. The van der Waals surface area contributed by atoms with E-state index in [1.165, 1.54) is 0 Å². The second kappa shape index (κ2) is 11.6. The van der Waals surface area contributed by atoms with Crippen LogP contribution in [0.5, 0.6) is 0 Å². The molecule has 130 valence electrons. The summed E-state index contributed by atoms with van der Waals surface area (Å²) in [4.78, 5) is 44.2. The molecule has 0 aromatic carbocycles. The molecular weight excluding hydrogens is 296 g/mol. The van der Waals surface area contributed by atoms with E-state index in [0.29, 0.717) is 0 Å². The smallest absolute Gasteiger partial charge is 0.337 e. The number of Topliss-reactive ketones (excluding diaryl/α,β-unsaturated/α-hetero) is 1. The van der Waals surface area contributed by atoms with Gasteiger partial charge in [0.15, 0.2) is 0 Å². The fourth-order valence-corrected chi connectivity index (χ4v) is 1.13. The molecule has 0 aliphatic carbocycles. The first-order valence-electron chi connectivity index (χ1n) is 5.64. The highest BCUT2D eigenvalue weighted by atomic mass is 16.6. The molecule has 0 aliphatic heterocycles. The summed E-state index contributed by atoms with van der Waals surface area (Å²) in [6.45, 7) is 1.28. The molecule has 0 fully saturated rings. The first-order chi connectivity index (χ1) is 9.16. The first-order valence-corrected chi connectivity index (χ1v) is 5.64. The number of amides is 3. The van der Waals surface area contributed by atoms with Crippen molar-refractivity contribution in [3.63, 3.8) is 0 Å². The third-order valence-corrected chi connectivity index (χ3v) is 1.82. The number of hydrogen-bond donors (Lipinski definition) is 6. The third kappa shape index (κ3) is 13.0. The molecular formula is C12H26N4O6. The summed E-state index contributed by atoms with van der Waals surface area (Å²) >= 11 is 0. The van der Waals surface area contributed by atoms with E-state index < -0.39 is 42.4 Å². The highest BCUT2D eigenvalue weighted by molar-refractivity contribution is 5.98. The zero-order chi connectivity index (χ0) is 15.8. The standard InChI is InChI=1S/C10H18N4O6.2CH4/c1-6(15)3-8(17)13-10(19,20)14-9(18)4-7(16)12-5-11-2;;/h11,19-20H,3-5H2,1-2H3,(H,12,16)(H,13,17)(H,14,18);2*1H4. The second-order valence-electron chi connectivity index (χ2n) is 3.95. The third-order valence-electron chi connectivity index (χ3n) is 1.82. The number of ketones is 1. The Balaban J connectivity index is -0.00000180. The van der Waals surface area contributed by atoms with Crippen LogP contribution < -0.4 is 21.3 Å². The lowest BCUT2D eigenvalue weighted by atomic mass is 10.3. The highest BCUT2D eigenvalue weighted by Crippen LogP contribution is 1.93. The Labute approximate surface area is 129 Å². The average Bonchev–Trinajstić information content (AvgIpc) is 2.22. The SMILES string of the molecule is C.C.CNCNC(=O)CC(=O)NC(O)(O)NC(=O)CC(C)=O. The molecule has 0 aromatic heterocycles. The number of nitrogens with one attached hydrogen (secondary N) is 4. The lowest BCUT2D eigenvalue weighted by molar-refractivity contribution is -0.209. The molecule has 0 aromatic rings. The molecule has 0 spiro atoms. The van der Waals surface area contributed by atoms with Crippen molar-refractivity contribution >= 4 is 23.5 Å². The summed E-state index contributed by atoms with van der Waals surface area (Å²) in [6, 6.07) is -3.03. The summed E-state index contributed by atoms with van der Waals surface area (Å²) in [5.74, 6) is -3.15. The van der Waals surface area contributed by atoms with Crippen molar-refractivity contribution in [2.75, 3.05) is 13.7 Å². The van der Waals surface area contributed by atoms with E-state index in [-0.39, 0.29) is 21.5 Å². The Bertz CT molecular complexity index is 397. The molecule has 0 rings (SSSR count). The minimum absolute atomic E-state index is 0. The van der Waals surface area contributed by atoms with E-state index in [1.807, 2.05) is 0 Å². The van der Waals surface area contributed by atoms with Gasteiger partial charge in [0.25, 0.3) is 0 Å². The molecule has 0 unspecified atom stereocenters. The monoisotopic (exact) mass is 322 g/mol. The molecule has 0 radical (unpaired) electrons. The number of aliphatic hydroxyl groups is 2. The fourth-order valence-electron chi connectivity index (χ4n) is 1.13. The molecule has 3 amide bonds. The molecule has 0 saturated heterocycles. The fraction of sp³-hybridized carbons (Fsp3) is 0.667. The van der Waals surface area contributed by atoms with E-state index in [0.717, 1.165) is 6.92 Å². The van der Waals surface area contributed by atoms with Gasteiger partial charge in [0, 0.05) is 0 Å². The molecule has 10 nitrogen and oxygen atoms in total. The molecule has 22 heavy (non-hydrogen) atoms. The summed E-state index contributed by atoms with van der Waals surface area (Å²) < 4.78 is 0. The van der Waals surface area contributed by atoms with E-state index >= 15 is 0 Å². The lowest BCUT2D eigenvalue weighted by Crippen LogP contribution is -2.61. The van der Waals surface area contributed by atoms with Crippen molar-refractivity contribution in [3.05, 3.63) is 0 Å². The van der Waals surface area contributed by atoms with E-state index in [4.69, 9.17) is 0 Å². The van der Waals surface area contributed by atoms with Gasteiger partial charge in [-0.25, -0.2) is 0 Å². The van der Waals surface area contributed by atoms with Gasteiger partial charge >= 0.3 is 6.03 Å². The Morgan fingerprint density at radius 2 is 1.36 bits per heavy atom. The minimum Gasteiger partial charge on any atom is -0.343 e. The molecule has 0 heterocycles. The first kappa shape index (κ1) is 24.9. The van der Waals surface area contributed by atoms with Gasteiger partial charge in [-0.3, -0.25) is 29.8 Å². The largest absolute Gasteiger partial charge is 0.343 e. The van der Waals surface area contributed by atoms with Crippen LogP contribution in [0.1, 0.15) is 34.6 Å². The molecule has 0 saturated carbocycles. The van der Waals surface area contributed by atoms with Crippen molar-refractivity contribution in [2.45, 2.75) is 40.7 Å². The second-order valence-corrected chi connectivity index (χ2v) is 3.95. The van der Waals surface area contributed by atoms with Crippen LogP contribution in [0.2, 0.25) is 0 Å². The van der Waals surface area contributed by atoms with Crippen molar-refractivity contribution in [1.82, 2.24) is 21.3 Å². The van der Waals surface area contributed by atoms with Gasteiger partial charge in [-0.05, 0) is 14.0 Å². The number of carbonyl (C=O) groups excluding carboxylic acids is 4. The van der Waals surface area contributed by atoms with Gasteiger partial charge in [-0.2, -0.15) is 0 Å². The van der Waals surface area contributed by atoms with Crippen LogP contribution >= 0.6 is 0 Å². The van der Waals surface area contributed by atoms with Crippen LogP contribution in [0.4, 0.5) is 0 Å². The normalized spacial score (nSPS) is 9.64. The predicted molar refractivity (Wildman–Crippen MR) is 78.9 cm³/mol. The zero-order valence-electron chi connectivity index (χ0n) is 11.1. The Morgan fingerprint density at radius 1 is 0.909 bits per heavy atom. The van der Waals surface area contributed by atoms with Crippen molar-refractivity contribution in [1.29, 1.82) is 0 Å². The van der Waals surface area contributed by atoms with Crippen LogP contribution in [0.15, 0.2) is 0 Å². The predicted octanol–water partition coefficient (Wildman–Crippen LogP) is -2.25. The van der Waals surface area contributed by atoms with Gasteiger partial charge in [0.05, 0.1) is 13.1 Å². The van der Waals surface area contributed by atoms with Crippen LogP contribution in [-0.4, -0.2) is 53.5 Å². The average molecular weight is 322 g/mol. The van der Waals surface area contributed by atoms with Gasteiger partial charge in [0.1, 0.15) is 12.2 Å². The summed E-state index contributed by atoms with van der Waals surface area (Å²) in [6.07, 6.45) is -1.23. The van der Waals surface area contributed by atoms with Gasteiger partial charge in [-0.15, -0.1) is 0 Å². The van der Waals surface area contributed by atoms with Crippen molar-refractivity contribution < 1.29 is 29.4 Å². The molecule has 0 bridgehead atoms. The van der Waals surface area contributed by atoms with Crippen molar-refractivity contribution in [2.24, 2.45) is 0 Å². The van der Waals surface area contributed by atoms with E-state index in [9.17, 15) is 29.4 Å². The minimum atomic E-state index is -3.03. The highest BCUT2D eigenvalue weighted by Gasteiger charge is 2.28. The summed E-state index contributed by atoms with van der Waals surface area (Å²) in [7, 11) is 1.58. The maximum atomic E-state index is 11.3. The maximum Gasteiger partial charge on any atom is 0.337 e. The summed E-state index contributed by atoms with van der Waals surface area (Å²) in [5.41, 5.74) is 0. The Morgan fingerprint density at radius 3 is 1.77 bits per heavy atom. The lowest BCUT2D eigenvalue weighted by Gasteiger charge is -2.23. The Hall–Kier alpha value is -2.04. The molecule has 0 aliphatic rings. The van der Waals surface area contributed by atoms with Crippen LogP contribution in [0, 0.1) is 0 Å². The van der Waals surface area contributed by atoms with Gasteiger partial charge in [-0.1, -0.05) is 14.9 Å². The number of rotatable bonds is 8. The van der Waals surface area contributed by atoms with Crippen LogP contribution in [-0.2, 0) is 19.2 Å². The molecule has 6 N–H and O–H groups in total. The summed E-state index contributed by atoms with van der Waals surface area (Å²) in [5, 5.41) is 26.7. The van der Waals surface area contributed by atoms with Crippen LogP contribution in [0.3, 0.4) is 0 Å². The maximum absolute atomic E-state index is 11.3. The van der Waals surface area contributed by atoms with Gasteiger partial charge in [0.2, 0.25) is 17.7 Å². The van der Waals surface area contributed by atoms with Crippen LogP contribution in [0.25, 0.3) is 0 Å². The van der Waals surface area contributed by atoms with Gasteiger partial charge < -0.3 is 20.8 Å². The molecule has 0 atom stereocenters. The van der Waals surface area contributed by atoms with Crippen molar-refractivity contribution in [3.8, 4) is 0 Å². The molecule has 10 heteroatoms. The Kier molecular flexibility index (Phi) is 13.2. The van der Waals surface area contributed by atoms with E-state index in [2.05, 4.69) is 10.6 Å². The van der Waals surface area contributed by atoms with E-state index in [1.54, 1.807) is 17.7 Å². The number of carbonyl (C=O) groups is 4. The topological polar surface area (TPSA) is 157 Å².